The lowest BCUT2D eigenvalue weighted by Gasteiger charge is -2.23. The summed E-state index contributed by atoms with van der Waals surface area (Å²) in [6.07, 6.45) is -2.18. The fraction of sp³-hybridized carbons (Fsp3) is 0.500. The third-order valence-corrected chi connectivity index (χ3v) is 4.81. The molecule has 1 aliphatic heterocycles. The van der Waals surface area contributed by atoms with Crippen LogP contribution in [0.25, 0.3) is 0 Å². The predicted octanol–water partition coefficient (Wildman–Crippen LogP) is 2.66. The first-order valence-corrected chi connectivity index (χ1v) is 8.04. The normalized spacial score (nSPS) is 17.8. The first-order chi connectivity index (χ1) is 10.8. The molecule has 1 N–H and O–H groups in total. The fourth-order valence-electron chi connectivity index (χ4n) is 2.65. The molecule has 0 radical (unpaired) electrons. The highest BCUT2D eigenvalue weighted by atomic mass is 32.1. The quantitative estimate of drug-likeness (QED) is 0.931. The van der Waals surface area contributed by atoms with E-state index in [0.717, 1.165) is 6.20 Å². The number of nitrogens with zero attached hydrogens (tertiary/aromatic N) is 3. The number of amides is 1. The Morgan fingerprint density at radius 3 is 2.96 bits per heavy atom. The molecule has 5 nitrogen and oxygen atoms in total. The molecule has 1 aliphatic rings. The van der Waals surface area contributed by atoms with Crippen LogP contribution in [0.15, 0.2) is 11.7 Å². The summed E-state index contributed by atoms with van der Waals surface area (Å²) in [6.45, 7) is 2.62. The number of carbonyl (C=O) groups is 1. The van der Waals surface area contributed by atoms with Gasteiger partial charge in [0.2, 0.25) is 0 Å². The van der Waals surface area contributed by atoms with Crippen LogP contribution in [-0.4, -0.2) is 27.0 Å². The van der Waals surface area contributed by atoms with E-state index in [0.29, 0.717) is 42.3 Å². The van der Waals surface area contributed by atoms with Crippen molar-refractivity contribution >= 4 is 17.2 Å². The standard InChI is InChI=1S/C14H15F3N4OS/c1-8-12(23-7-19-8)13(22)18-4-9-2-3-11-20-10(14(15,16)17)6-21(11)5-9/h6-7,9H,2-5H2,1H3,(H,18,22)/t9-/m0/s1. The Morgan fingerprint density at radius 2 is 2.30 bits per heavy atom. The zero-order chi connectivity index (χ0) is 16.6. The maximum absolute atomic E-state index is 12.7. The smallest absolute Gasteiger partial charge is 0.351 e. The predicted molar refractivity (Wildman–Crippen MR) is 78.2 cm³/mol. The minimum Gasteiger partial charge on any atom is -0.351 e. The van der Waals surface area contributed by atoms with Gasteiger partial charge in [-0.05, 0) is 19.3 Å². The minimum atomic E-state index is -4.42. The molecule has 23 heavy (non-hydrogen) atoms. The van der Waals surface area contributed by atoms with Crippen molar-refractivity contribution in [3.8, 4) is 0 Å². The van der Waals surface area contributed by atoms with Crippen LogP contribution >= 0.6 is 11.3 Å². The molecule has 0 aromatic carbocycles. The molecule has 9 heteroatoms. The molecule has 1 amide bonds. The number of aromatic nitrogens is 3. The number of nitrogens with one attached hydrogen (secondary N) is 1. The van der Waals surface area contributed by atoms with Crippen molar-refractivity contribution in [3.63, 3.8) is 0 Å². The number of carbonyl (C=O) groups excluding carboxylic acids is 1. The largest absolute Gasteiger partial charge is 0.434 e. The van der Waals surface area contributed by atoms with Crippen LogP contribution in [0.1, 0.15) is 33.3 Å². The second-order valence-corrected chi connectivity index (χ2v) is 6.43. The third kappa shape index (κ3) is 3.39. The van der Waals surface area contributed by atoms with Gasteiger partial charge in [-0.2, -0.15) is 13.2 Å². The van der Waals surface area contributed by atoms with E-state index in [9.17, 15) is 18.0 Å². The highest BCUT2D eigenvalue weighted by Gasteiger charge is 2.35. The highest BCUT2D eigenvalue weighted by Crippen LogP contribution is 2.30. The maximum atomic E-state index is 12.7. The van der Waals surface area contributed by atoms with Gasteiger partial charge in [-0.1, -0.05) is 0 Å². The minimum absolute atomic E-state index is 0.0926. The number of alkyl halides is 3. The molecule has 1 atom stereocenters. The van der Waals surface area contributed by atoms with Gasteiger partial charge < -0.3 is 9.88 Å². The van der Waals surface area contributed by atoms with Gasteiger partial charge in [0.1, 0.15) is 10.7 Å². The molecular weight excluding hydrogens is 329 g/mol. The topological polar surface area (TPSA) is 59.8 Å². The van der Waals surface area contributed by atoms with Gasteiger partial charge in [0.25, 0.3) is 5.91 Å². The van der Waals surface area contributed by atoms with E-state index in [1.165, 1.54) is 11.3 Å². The van der Waals surface area contributed by atoms with Crippen LogP contribution in [0.2, 0.25) is 0 Å². The molecule has 124 valence electrons. The molecule has 0 fully saturated rings. The first-order valence-electron chi connectivity index (χ1n) is 7.16. The number of halogens is 3. The Balaban J connectivity index is 1.61. The van der Waals surface area contributed by atoms with Gasteiger partial charge in [-0.15, -0.1) is 11.3 Å². The van der Waals surface area contributed by atoms with Crippen LogP contribution in [0.3, 0.4) is 0 Å². The number of hydrogen-bond acceptors (Lipinski definition) is 4. The Labute approximate surface area is 134 Å². The van der Waals surface area contributed by atoms with E-state index in [2.05, 4.69) is 15.3 Å². The maximum Gasteiger partial charge on any atom is 0.434 e. The molecule has 0 saturated carbocycles. The molecule has 3 heterocycles. The Bertz CT molecular complexity index is 722. The van der Waals surface area contributed by atoms with E-state index in [1.54, 1.807) is 17.0 Å². The van der Waals surface area contributed by atoms with Crippen molar-refractivity contribution < 1.29 is 18.0 Å². The fourth-order valence-corrected chi connectivity index (χ4v) is 3.37. The van der Waals surface area contributed by atoms with Gasteiger partial charge in [0.15, 0.2) is 5.69 Å². The van der Waals surface area contributed by atoms with Crippen LogP contribution in [0, 0.1) is 12.8 Å². The molecule has 3 rings (SSSR count). The lowest BCUT2D eigenvalue weighted by Crippen LogP contribution is -2.33. The average molecular weight is 344 g/mol. The lowest BCUT2D eigenvalue weighted by molar-refractivity contribution is -0.141. The van der Waals surface area contributed by atoms with Gasteiger partial charge >= 0.3 is 6.18 Å². The lowest BCUT2D eigenvalue weighted by atomic mass is 9.99. The third-order valence-electron chi connectivity index (χ3n) is 3.88. The van der Waals surface area contributed by atoms with Crippen molar-refractivity contribution in [2.75, 3.05) is 6.54 Å². The van der Waals surface area contributed by atoms with Crippen molar-refractivity contribution in [1.82, 2.24) is 19.9 Å². The summed E-state index contributed by atoms with van der Waals surface area (Å²) >= 11 is 1.28. The van der Waals surface area contributed by atoms with E-state index >= 15 is 0 Å². The van der Waals surface area contributed by atoms with E-state index < -0.39 is 11.9 Å². The van der Waals surface area contributed by atoms with E-state index in [4.69, 9.17) is 0 Å². The Hall–Kier alpha value is -1.90. The summed E-state index contributed by atoms with van der Waals surface area (Å²) in [7, 11) is 0. The zero-order valence-corrected chi connectivity index (χ0v) is 13.2. The van der Waals surface area contributed by atoms with E-state index in [1.807, 2.05) is 0 Å². The van der Waals surface area contributed by atoms with Crippen LogP contribution < -0.4 is 5.32 Å². The molecule has 0 bridgehead atoms. The monoisotopic (exact) mass is 344 g/mol. The second-order valence-electron chi connectivity index (χ2n) is 5.57. The van der Waals surface area contributed by atoms with Crippen LogP contribution in [-0.2, 0) is 19.1 Å². The Morgan fingerprint density at radius 1 is 1.52 bits per heavy atom. The van der Waals surface area contributed by atoms with Crippen molar-refractivity contribution in [2.24, 2.45) is 5.92 Å². The summed E-state index contributed by atoms with van der Waals surface area (Å²) in [4.78, 5) is 20.3. The number of aryl methyl sites for hydroxylation is 2. The summed E-state index contributed by atoms with van der Waals surface area (Å²) < 4.78 is 39.6. The van der Waals surface area contributed by atoms with Crippen molar-refractivity contribution in [2.45, 2.75) is 32.5 Å². The number of rotatable bonds is 3. The average Bonchev–Trinajstić information content (AvgIpc) is 3.09. The number of thiazole rings is 1. The number of fused-ring (bicyclic) bond motifs is 1. The first kappa shape index (κ1) is 16.0. The van der Waals surface area contributed by atoms with Crippen LogP contribution in [0.5, 0.6) is 0 Å². The zero-order valence-electron chi connectivity index (χ0n) is 12.4. The Kier molecular flexibility index (Phi) is 4.13. The molecule has 0 aliphatic carbocycles. The molecule has 2 aromatic heterocycles. The molecule has 0 saturated heterocycles. The van der Waals surface area contributed by atoms with Gasteiger partial charge in [-0.3, -0.25) is 4.79 Å². The molecule has 0 spiro atoms. The SMILES string of the molecule is Cc1ncsc1C(=O)NC[C@@H]1CCc2nc(C(F)(F)F)cn2C1. The summed E-state index contributed by atoms with van der Waals surface area (Å²) in [5, 5.41) is 2.84. The molecule has 2 aromatic rings. The van der Waals surface area contributed by atoms with E-state index in [-0.39, 0.29) is 11.8 Å². The second kappa shape index (κ2) is 5.95. The summed E-state index contributed by atoms with van der Waals surface area (Å²) in [6, 6.07) is 0. The van der Waals surface area contributed by atoms with Crippen molar-refractivity contribution in [3.05, 3.63) is 33.8 Å². The number of hydrogen-bond donors (Lipinski definition) is 1. The number of imidazole rings is 1. The summed E-state index contributed by atoms with van der Waals surface area (Å²) in [5.41, 5.74) is 1.45. The van der Waals surface area contributed by atoms with Gasteiger partial charge in [0.05, 0.1) is 11.2 Å². The van der Waals surface area contributed by atoms with Gasteiger partial charge in [-0.25, -0.2) is 9.97 Å². The highest BCUT2D eigenvalue weighted by molar-refractivity contribution is 7.11. The molecule has 0 unspecified atom stereocenters. The van der Waals surface area contributed by atoms with Gasteiger partial charge in [0, 0.05) is 25.7 Å². The van der Waals surface area contributed by atoms with Crippen molar-refractivity contribution in [1.29, 1.82) is 0 Å². The molecular formula is C14H15F3N4OS. The van der Waals surface area contributed by atoms with Crippen LogP contribution in [0.4, 0.5) is 13.2 Å². The summed E-state index contributed by atoms with van der Waals surface area (Å²) in [5.74, 6) is 0.366.